The molecule has 0 unspecified atom stereocenters. The van der Waals surface area contributed by atoms with Gasteiger partial charge in [0.15, 0.2) is 0 Å². The summed E-state index contributed by atoms with van der Waals surface area (Å²) in [7, 11) is 0. The molecular weight excluding hydrogens is 252 g/mol. The minimum absolute atomic E-state index is 0.266. The number of aromatic nitrogens is 3. The van der Waals surface area contributed by atoms with Crippen LogP contribution >= 0.6 is 0 Å². The molecule has 0 spiro atoms. The molecule has 110 valence electrons. The van der Waals surface area contributed by atoms with Crippen molar-refractivity contribution in [3.05, 3.63) is 11.6 Å². The molecule has 0 N–H and O–H groups in total. The Balaban J connectivity index is 1.65. The van der Waals surface area contributed by atoms with Gasteiger partial charge in [-0.1, -0.05) is 20.8 Å². The molecule has 0 bridgehead atoms. The number of carbonyl (C=O) groups excluding carboxylic acids is 1. The van der Waals surface area contributed by atoms with Crippen molar-refractivity contribution >= 4 is 5.91 Å². The van der Waals surface area contributed by atoms with Crippen LogP contribution in [0.1, 0.15) is 57.6 Å². The largest absolute Gasteiger partial charge is 0.342 e. The summed E-state index contributed by atoms with van der Waals surface area (Å²) in [4.78, 5) is 14.3. The molecule has 2 aliphatic rings. The summed E-state index contributed by atoms with van der Waals surface area (Å²) in [5, 5.41) is 8.69. The van der Waals surface area contributed by atoms with Crippen LogP contribution in [0, 0.1) is 5.41 Å². The molecule has 1 fully saturated rings. The summed E-state index contributed by atoms with van der Waals surface area (Å²) in [6, 6.07) is 0. The summed E-state index contributed by atoms with van der Waals surface area (Å²) in [6.07, 6.45) is 4.29. The molecule has 1 saturated heterocycles. The van der Waals surface area contributed by atoms with Crippen LogP contribution in [0.15, 0.2) is 0 Å². The minimum Gasteiger partial charge on any atom is -0.342 e. The van der Waals surface area contributed by atoms with Crippen molar-refractivity contribution < 1.29 is 4.79 Å². The van der Waals surface area contributed by atoms with Crippen LogP contribution in [0.25, 0.3) is 0 Å². The van der Waals surface area contributed by atoms with Crippen molar-refractivity contribution in [2.24, 2.45) is 5.41 Å². The monoisotopic (exact) mass is 276 g/mol. The molecule has 0 aliphatic carbocycles. The first kappa shape index (κ1) is 13.6. The zero-order valence-corrected chi connectivity index (χ0v) is 12.7. The second-order valence-electron chi connectivity index (χ2n) is 7.05. The number of nitrogens with zero attached hydrogens (tertiary/aromatic N) is 4. The summed E-state index contributed by atoms with van der Waals surface area (Å²) in [6.45, 7) is 8.75. The third-order valence-corrected chi connectivity index (χ3v) is 4.43. The van der Waals surface area contributed by atoms with Gasteiger partial charge in [0.25, 0.3) is 0 Å². The third-order valence-electron chi connectivity index (χ3n) is 4.43. The van der Waals surface area contributed by atoms with Crippen LogP contribution in [0.2, 0.25) is 0 Å². The number of amides is 1. The Morgan fingerprint density at radius 3 is 2.50 bits per heavy atom. The molecule has 20 heavy (non-hydrogen) atoms. The van der Waals surface area contributed by atoms with Gasteiger partial charge < -0.3 is 9.47 Å². The smallest absolute Gasteiger partial charge is 0.227 e. The molecule has 3 heterocycles. The van der Waals surface area contributed by atoms with E-state index in [1.54, 1.807) is 0 Å². The Hall–Kier alpha value is -1.39. The fourth-order valence-corrected chi connectivity index (χ4v) is 3.29. The molecule has 5 heteroatoms. The minimum atomic E-state index is -0.275. The molecule has 2 aliphatic heterocycles. The molecule has 1 aromatic heterocycles. The Labute approximate surface area is 120 Å². The molecule has 1 amide bonds. The number of likely N-dealkylation sites (tertiary alicyclic amines) is 1. The van der Waals surface area contributed by atoms with Crippen LogP contribution in [-0.4, -0.2) is 38.7 Å². The van der Waals surface area contributed by atoms with Crippen molar-refractivity contribution in [3.8, 4) is 0 Å². The highest BCUT2D eigenvalue weighted by molar-refractivity contribution is 5.81. The van der Waals surface area contributed by atoms with Crippen LogP contribution in [0.3, 0.4) is 0 Å². The first-order chi connectivity index (χ1) is 9.47. The predicted molar refractivity (Wildman–Crippen MR) is 76.4 cm³/mol. The van der Waals surface area contributed by atoms with E-state index in [9.17, 15) is 4.79 Å². The molecule has 3 rings (SSSR count). The maximum absolute atomic E-state index is 12.3. The zero-order valence-electron chi connectivity index (χ0n) is 12.7. The normalized spacial score (nSPS) is 20.2. The van der Waals surface area contributed by atoms with Crippen LogP contribution < -0.4 is 0 Å². The van der Waals surface area contributed by atoms with Gasteiger partial charge in [0.1, 0.15) is 11.6 Å². The molecule has 0 aromatic carbocycles. The SMILES string of the molecule is CC(C)(C)C(=O)N1CCC(c2nnc3n2CCC3)CC1. The fraction of sp³-hybridized carbons (Fsp3) is 0.800. The number of rotatable bonds is 1. The van der Waals surface area contributed by atoms with E-state index in [1.165, 1.54) is 6.42 Å². The summed E-state index contributed by atoms with van der Waals surface area (Å²) in [5.41, 5.74) is -0.275. The lowest BCUT2D eigenvalue weighted by Gasteiger charge is -2.35. The van der Waals surface area contributed by atoms with Gasteiger partial charge in [-0.05, 0) is 19.3 Å². The number of carbonyl (C=O) groups is 1. The Kier molecular flexibility index (Phi) is 3.30. The van der Waals surface area contributed by atoms with Gasteiger partial charge in [0, 0.05) is 37.4 Å². The number of hydrogen-bond donors (Lipinski definition) is 0. The van der Waals surface area contributed by atoms with Gasteiger partial charge in [-0.2, -0.15) is 0 Å². The Bertz CT molecular complexity index is 506. The van der Waals surface area contributed by atoms with Gasteiger partial charge in [-0.3, -0.25) is 4.79 Å². The molecular formula is C15H24N4O. The van der Waals surface area contributed by atoms with Crippen molar-refractivity contribution in [1.82, 2.24) is 19.7 Å². The Morgan fingerprint density at radius 1 is 1.15 bits per heavy atom. The van der Waals surface area contributed by atoms with E-state index in [0.29, 0.717) is 5.92 Å². The van der Waals surface area contributed by atoms with E-state index >= 15 is 0 Å². The highest BCUT2D eigenvalue weighted by Gasteiger charge is 2.33. The second-order valence-corrected chi connectivity index (χ2v) is 7.05. The highest BCUT2D eigenvalue weighted by Crippen LogP contribution is 2.31. The summed E-state index contributed by atoms with van der Waals surface area (Å²) < 4.78 is 2.30. The lowest BCUT2D eigenvalue weighted by molar-refractivity contribution is -0.140. The van der Waals surface area contributed by atoms with E-state index < -0.39 is 0 Å². The molecule has 0 atom stereocenters. The first-order valence-electron chi connectivity index (χ1n) is 7.68. The van der Waals surface area contributed by atoms with E-state index in [-0.39, 0.29) is 11.3 Å². The third kappa shape index (κ3) is 2.34. The van der Waals surface area contributed by atoms with Gasteiger partial charge in [-0.25, -0.2) is 0 Å². The van der Waals surface area contributed by atoms with Crippen LogP contribution in [0.4, 0.5) is 0 Å². The average molecular weight is 276 g/mol. The van der Waals surface area contributed by atoms with Gasteiger partial charge >= 0.3 is 0 Å². The van der Waals surface area contributed by atoms with Crippen LogP contribution in [0.5, 0.6) is 0 Å². The fourth-order valence-electron chi connectivity index (χ4n) is 3.29. The molecule has 0 saturated carbocycles. The lowest BCUT2D eigenvalue weighted by Crippen LogP contribution is -2.44. The number of hydrogen-bond acceptors (Lipinski definition) is 3. The summed E-state index contributed by atoms with van der Waals surface area (Å²) in [5.74, 6) is 3.04. The molecule has 5 nitrogen and oxygen atoms in total. The van der Waals surface area contributed by atoms with Crippen molar-refractivity contribution in [2.45, 2.75) is 58.9 Å². The molecule has 0 radical (unpaired) electrons. The van der Waals surface area contributed by atoms with Crippen molar-refractivity contribution in [2.75, 3.05) is 13.1 Å². The highest BCUT2D eigenvalue weighted by atomic mass is 16.2. The van der Waals surface area contributed by atoms with E-state index in [0.717, 1.165) is 50.5 Å². The van der Waals surface area contributed by atoms with E-state index in [1.807, 2.05) is 25.7 Å². The summed E-state index contributed by atoms with van der Waals surface area (Å²) >= 11 is 0. The van der Waals surface area contributed by atoms with E-state index in [2.05, 4.69) is 14.8 Å². The van der Waals surface area contributed by atoms with Crippen LogP contribution in [-0.2, 0) is 17.8 Å². The van der Waals surface area contributed by atoms with Gasteiger partial charge in [0.05, 0.1) is 0 Å². The maximum Gasteiger partial charge on any atom is 0.227 e. The number of aryl methyl sites for hydroxylation is 1. The maximum atomic E-state index is 12.3. The van der Waals surface area contributed by atoms with Gasteiger partial charge in [-0.15, -0.1) is 10.2 Å². The van der Waals surface area contributed by atoms with Crippen molar-refractivity contribution in [1.29, 1.82) is 0 Å². The van der Waals surface area contributed by atoms with Crippen molar-refractivity contribution in [3.63, 3.8) is 0 Å². The van der Waals surface area contributed by atoms with E-state index in [4.69, 9.17) is 0 Å². The lowest BCUT2D eigenvalue weighted by atomic mass is 9.90. The first-order valence-corrected chi connectivity index (χ1v) is 7.68. The average Bonchev–Trinajstić information content (AvgIpc) is 2.99. The second kappa shape index (κ2) is 4.86. The zero-order chi connectivity index (χ0) is 14.3. The number of fused-ring (bicyclic) bond motifs is 1. The predicted octanol–water partition coefficient (Wildman–Crippen LogP) is 1.98. The Morgan fingerprint density at radius 2 is 1.85 bits per heavy atom. The van der Waals surface area contributed by atoms with Gasteiger partial charge in [0.2, 0.25) is 5.91 Å². The quantitative estimate of drug-likeness (QED) is 0.788. The molecule has 1 aromatic rings. The topological polar surface area (TPSA) is 51.0 Å². The standard InChI is InChI=1S/C15H24N4O/c1-15(2,3)14(20)18-9-6-11(7-10-18)13-17-16-12-5-4-8-19(12)13/h11H,4-10H2,1-3H3. The number of piperidine rings is 1.